The van der Waals surface area contributed by atoms with E-state index in [0.29, 0.717) is 5.92 Å². The molecule has 0 N–H and O–H groups in total. The lowest BCUT2D eigenvalue weighted by Crippen LogP contribution is -2.07. The fraction of sp³-hybridized carbons (Fsp3) is 0.600. The van der Waals surface area contributed by atoms with E-state index in [-0.39, 0.29) is 18.8 Å². The summed E-state index contributed by atoms with van der Waals surface area (Å²) in [6.07, 6.45) is 1.90. The van der Waals surface area contributed by atoms with Crippen LogP contribution in [0.25, 0.3) is 0 Å². The number of hydrogen-bond donors (Lipinski definition) is 0. The van der Waals surface area contributed by atoms with Crippen molar-refractivity contribution in [2.75, 3.05) is 6.61 Å². The first-order chi connectivity index (χ1) is 8.94. The van der Waals surface area contributed by atoms with Gasteiger partial charge < -0.3 is 4.74 Å². The van der Waals surface area contributed by atoms with Crippen LogP contribution in [0.15, 0.2) is 18.2 Å². The molecule has 1 saturated carbocycles. The first kappa shape index (κ1) is 14.2. The minimum atomic E-state index is -2.62. The quantitative estimate of drug-likeness (QED) is 0.725. The van der Waals surface area contributed by atoms with E-state index in [1.807, 2.05) is 0 Å². The van der Waals surface area contributed by atoms with E-state index in [0.717, 1.165) is 18.4 Å². The van der Waals surface area contributed by atoms with E-state index in [1.165, 1.54) is 6.07 Å². The minimum Gasteiger partial charge on any atom is -0.490 e. The Bertz CT molecular complexity index is 445. The molecular formula is C15H19F3O. The van der Waals surface area contributed by atoms with E-state index in [1.54, 1.807) is 12.1 Å². The average Bonchev–Trinajstić information content (AvgIpc) is 2.96. The van der Waals surface area contributed by atoms with Crippen LogP contribution in [0.2, 0.25) is 0 Å². The van der Waals surface area contributed by atoms with Crippen molar-refractivity contribution in [1.29, 1.82) is 0 Å². The second kappa shape index (κ2) is 5.43. The fourth-order valence-corrected chi connectivity index (χ4v) is 2.18. The van der Waals surface area contributed by atoms with Gasteiger partial charge in [-0.05, 0) is 30.0 Å². The van der Waals surface area contributed by atoms with Crippen molar-refractivity contribution in [2.24, 2.45) is 5.92 Å². The van der Waals surface area contributed by atoms with E-state index in [4.69, 9.17) is 4.74 Å². The van der Waals surface area contributed by atoms with E-state index in [2.05, 4.69) is 13.8 Å². The number of benzene rings is 1. The van der Waals surface area contributed by atoms with Crippen molar-refractivity contribution in [3.05, 3.63) is 29.6 Å². The Morgan fingerprint density at radius 1 is 1.42 bits per heavy atom. The molecule has 1 aliphatic rings. The maximum Gasteiger partial charge on any atom is 0.255 e. The summed E-state index contributed by atoms with van der Waals surface area (Å²) in [5.41, 5.74) is 0.987. The zero-order valence-corrected chi connectivity index (χ0v) is 11.3. The summed E-state index contributed by atoms with van der Waals surface area (Å²) in [6.45, 7) is 4.04. The number of hydrogen-bond acceptors (Lipinski definition) is 1. The third-order valence-corrected chi connectivity index (χ3v) is 3.64. The summed E-state index contributed by atoms with van der Waals surface area (Å²) < 4.78 is 44.2. The molecule has 2 atom stereocenters. The average molecular weight is 272 g/mol. The predicted molar refractivity (Wildman–Crippen MR) is 68.3 cm³/mol. The highest BCUT2D eigenvalue weighted by molar-refractivity contribution is 5.32. The summed E-state index contributed by atoms with van der Waals surface area (Å²) in [6, 6.07) is 4.71. The van der Waals surface area contributed by atoms with E-state index >= 15 is 0 Å². The van der Waals surface area contributed by atoms with Crippen molar-refractivity contribution in [1.82, 2.24) is 0 Å². The zero-order valence-electron chi connectivity index (χ0n) is 11.3. The topological polar surface area (TPSA) is 9.23 Å². The van der Waals surface area contributed by atoms with Crippen LogP contribution in [-0.4, -0.2) is 12.5 Å². The van der Waals surface area contributed by atoms with Crippen molar-refractivity contribution in [3.63, 3.8) is 0 Å². The van der Waals surface area contributed by atoms with Gasteiger partial charge in [0, 0.05) is 6.42 Å². The Balaban J connectivity index is 2.01. The van der Waals surface area contributed by atoms with Gasteiger partial charge in [0.05, 0.1) is 12.5 Å². The Hall–Kier alpha value is -1.19. The van der Waals surface area contributed by atoms with Gasteiger partial charge in [-0.1, -0.05) is 26.3 Å². The van der Waals surface area contributed by atoms with Crippen molar-refractivity contribution >= 4 is 0 Å². The van der Waals surface area contributed by atoms with Crippen LogP contribution in [0.4, 0.5) is 13.2 Å². The molecule has 1 aromatic rings. The van der Waals surface area contributed by atoms with Gasteiger partial charge in [-0.25, -0.2) is 13.2 Å². The van der Waals surface area contributed by atoms with Gasteiger partial charge >= 0.3 is 0 Å². The van der Waals surface area contributed by atoms with Gasteiger partial charge in [-0.3, -0.25) is 0 Å². The highest BCUT2D eigenvalue weighted by atomic mass is 19.3. The first-order valence-corrected chi connectivity index (χ1v) is 6.74. The summed E-state index contributed by atoms with van der Waals surface area (Å²) >= 11 is 0. The maximum absolute atomic E-state index is 13.6. The van der Waals surface area contributed by atoms with Gasteiger partial charge in [-0.2, -0.15) is 0 Å². The normalized spacial score (nSPS) is 22.1. The second-order valence-electron chi connectivity index (χ2n) is 5.35. The molecule has 19 heavy (non-hydrogen) atoms. The van der Waals surface area contributed by atoms with Gasteiger partial charge in [-0.15, -0.1) is 0 Å². The van der Waals surface area contributed by atoms with Crippen LogP contribution in [0.3, 0.4) is 0 Å². The molecule has 1 aliphatic carbocycles. The number of ether oxygens (including phenoxy) is 1. The van der Waals surface area contributed by atoms with Crippen molar-refractivity contribution in [3.8, 4) is 5.75 Å². The molecule has 0 saturated heterocycles. The first-order valence-electron chi connectivity index (χ1n) is 6.74. The second-order valence-corrected chi connectivity index (χ2v) is 5.35. The van der Waals surface area contributed by atoms with Crippen molar-refractivity contribution < 1.29 is 17.9 Å². The van der Waals surface area contributed by atoms with Crippen LogP contribution >= 0.6 is 0 Å². The number of halogens is 3. The monoisotopic (exact) mass is 272 g/mol. The van der Waals surface area contributed by atoms with Crippen LogP contribution in [0.1, 0.15) is 44.6 Å². The Kier molecular flexibility index (Phi) is 4.07. The third-order valence-electron chi connectivity index (χ3n) is 3.64. The fourth-order valence-electron chi connectivity index (χ4n) is 2.18. The Morgan fingerprint density at radius 2 is 2.11 bits per heavy atom. The van der Waals surface area contributed by atoms with Crippen LogP contribution in [-0.2, 0) is 0 Å². The molecule has 4 heteroatoms. The van der Waals surface area contributed by atoms with Crippen LogP contribution < -0.4 is 4.74 Å². The van der Waals surface area contributed by atoms with Gasteiger partial charge in [0.1, 0.15) is 0 Å². The SMILES string of the molecule is CCCC(C)c1ccc(F)c(OCC2CC2(F)F)c1. The lowest BCUT2D eigenvalue weighted by molar-refractivity contribution is 0.0850. The number of rotatable bonds is 6. The molecule has 0 heterocycles. The van der Waals surface area contributed by atoms with Crippen molar-refractivity contribution in [2.45, 2.75) is 45.0 Å². The molecule has 1 nitrogen and oxygen atoms in total. The van der Waals surface area contributed by atoms with Gasteiger partial charge in [0.25, 0.3) is 5.92 Å². The largest absolute Gasteiger partial charge is 0.490 e. The predicted octanol–water partition coefficient (Wildman–Crippen LogP) is 4.76. The molecule has 2 rings (SSSR count). The molecule has 0 amide bonds. The molecule has 0 bridgehead atoms. The Labute approximate surface area is 111 Å². The minimum absolute atomic E-state index is 0.0863. The van der Waals surface area contributed by atoms with Crippen LogP contribution in [0.5, 0.6) is 5.75 Å². The van der Waals surface area contributed by atoms with Gasteiger partial charge in [0.15, 0.2) is 11.6 Å². The standard InChI is InChI=1S/C15H19F3O/c1-3-4-10(2)11-5-6-13(16)14(7-11)19-9-12-8-15(12,17)18/h5-7,10,12H,3-4,8-9H2,1-2H3. The summed E-state index contributed by atoms with van der Waals surface area (Å²) in [7, 11) is 0. The van der Waals surface area contributed by atoms with Gasteiger partial charge in [0.2, 0.25) is 0 Å². The maximum atomic E-state index is 13.6. The lowest BCUT2D eigenvalue weighted by Gasteiger charge is -2.13. The molecule has 106 valence electrons. The Morgan fingerprint density at radius 3 is 2.68 bits per heavy atom. The number of alkyl halides is 2. The molecule has 2 unspecified atom stereocenters. The molecule has 0 radical (unpaired) electrons. The molecule has 1 fully saturated rings. The van der Waals surface area contributed by atoms with Crippen LogP contribution in [0, 0.1) is 11.7 Å². The summed E-state index contributed by atoms with van der Waals surface area (Å²) in [5.74, 6) is -3.47. The molecule has 0 aromatic heterocycles. The smallest absolute Gasteiger partial charge is 0.255 e. The molecule has 1 aromatic carbocycles. The van der Waals surface area contributed by atoms with E-state index in [9.17, 15) is 13.2 Å². The summed E-state index contributed by atoms with van der Waals surface area (Å²) in [5, 5.41) is 0. The molecular weight excluding hydrogens is 253 g/mol. The third kappa shape index (κ3) is 3.43. The molecule has 0 spiro atoms. The lowest BCUT2D eigenvalue weighted by atomic mass is 9.96. The van der Waals surface area contributed by atoms with E-state index < -0.39 is 17.7 Å². The molecule has 0 aliphatic heterocycles. The highest BCUT2D eigenvalue weighted by Gasteiger charge is 2.57. The zero-order chi connectivity index (χ0) is 14.0. The summed E-state index contributed by atoms with van der Waals surface area (Å²) in [4.78, 5) is 0. The highest BCUT2D eigenvalue weighted by Crippen LogP contribution is 2.48.